The Bertz CT molecular complexity index is 1130. The number of pyridine rings is 1. The van der Waals surface area contributed by atoms with Gasteiger partial charge in [-0.05, 0) is 96.8 Å². The number of hydrogen-bond acceptors (Lipinski definition) is 4. The van der Waals surface area contributed by atoms with Gasteiger partial charge in [0.25, 0.3) is 11.5 Å². The van der Waals surface area contributed by atoms with Gasteiger partial charge < -0.3 is 20.1 Å². The Kier molecular flexibility index (Phi) is 8.22. The second-order valence-electron chi connectivity index (χ2n) is 9.65. The average Bonchev–Trinajstić information content (AvgIpc) is 2.80. The van der Waals surface area contributed by atoms with Crippen LogP contribution in [-0.4, -0.2) is 48.5 Å². The number of rotatable bonds is 7. The fraction of sp³-hybridized carbons (Fsp3) is 0.500. The lowest BCUT2D eigenvalue weighted by Crippen LogP contribution is -2.42. The average molecular weight is 463 g/mol. The number of amides is 1. The van der Waals surface area contributed by atoms with Crippen molar-refractivity contribution < 1.29 is 4.79 Å². The fourth-order valence-electron chi connectivity index (χ4n) is 5.19. The number of aryl methyl sites for hydroxylation is 2. The number of benzene rings is 1. The largest absolute Gasteiger partial charge is 0.369 e. The zero-order valence-electron chi connectivity index (χ0n) is 21.4. The zero-order valence-corrected chi connectivity index (χ0v) is 21.4. The number of carbonyl (C=O) groups excluding carboxylic acids is 1. The monoisotopic (exact) mass is 462 g/mol. The third-order valence-corrected chi connectivity index (χ3v) is 7.20. The van der Waals surface area contributed by atoms with Crippen LogP contribution in [0.5, 0.6) is 0 Å². The second kappa shape index (κ2) is 10.9. The van der Waals surface area contributed by atoms with Crippen LogP contribution in [0.3, 0.4) is 0 Å². The quantitative estimate of drug-likeness (QED) is 0.612. The van der Waals surface area contributed by atoms with Gasteiger partial charge in [0.2, 0.25) is 0 Å². The van der Waals surface area contributed by atoms with Crippen molar-refractivity contribution in [1.29, 1.82) is 0 Å². The molecular formula is C28H38N4O2. The van der Waals surface area contributed by atoms with Gasteiger partial charge in [-0.3, -0.25) is 9.59 Å². The molecule has 6 heteroatoms. The predicted octanol–water partition coefficient (Wildman–Crippen LogP) is 3.91. The van der Waals surface area contributed by atoms with Gasteiger partial charge in [0.15, 0.2) is 0 Å². The van der Waals surface area contributed by atoms with Gasteiger partial charge in [0.1, 0.15) is 0 Å². The summed E-state index contributed by atoms with van der Waals surface area (Å²) < 4.78 is 0. The minimum atomic E-state index is -0.220. The topological polar surface area (TPSA) is 68.4 Å². The van der Waals surface area contributed by atoms with Gasteiger partial charge in [0, 0.05) is 53.2 Å². The van der Waals surface area contributed by atoms with Crippen LogP contribution < -0.4 is 15.8 Å². The van der Waals surface area contributed by atoms with Crippen molar-refractivity contribution in [2.24, 2.45) is 0 Å². The minimum Gasteiger partial charge on any atom is -0.369 e. The van der Waals surface area contributed by atoms with Gasteiger partial charge in [-0.15, -0.1) is 6.42 Å². The molecule has 182 valence electrons. The lowest BCUT2D eigenvalue weighted by molar-refractivity contribution is 0.0950. The number of nitrogens with zero attached hydrogens (tertiary/aromatic N) is 2. The van der Waals surface area contributed by atoms with E-state index in [0.717, 1.165) is 41.9 Å². The molecule has 1 aliphatic carbocycles. The maximum absolute atomic E-state index is 13.2. The molecule has 0 aliphatic heterocycles. The van der Waals surface area contributed by atoms with Gasteiger partial charge in [-0.1, -0.05) is 5.92 Å². The van der Waals surface area contributed by atoms with Crippen LogP contribution in [0.2, 0.25) is 0 Å². The maximum Gasteiger partial charge on any atom is 0.253 e. The number of H-pyrrole nitrogens is 1. The highest BCUT2D eigenvalue weighted by Crippen LogP contribution is 2.33. The van der Waals surface area contributed by atoms with Crippen molar-refractivity contribution in [3.63, 3.8) is 0 Å². The number of carbonyl (C=O) groups is 1. The molecule has 34 heavy (non-hydrogen) atoms. The molecule has 0 bridgehead atoms. The number of hydrogen-bond donors (Lipinski definition) is 2. The number of anilines is 1. The van der Waals surface area contributed by atoms with Crippen molar-refractivity contribution in [3.05, 3.63) is 62.1 Å². The number of terminal acetylenes is 1. The molecule has 1 fully saturated rings. The first-order chi connectivity index (χ1) is 16.2. The molecule has 0 radical (unpaired) electrons. The molecule has 6 nitrogen and oxygen atoms in total. The third kappa shape index (κ3) is 5.53. The van der Waals surface area contributed by atoms with Gasteiger partial charge in [-0.2, -0.15) is 0 Å². The highest BCUT2D eigenvalue weighted by molar-refractivity contribution is 5.97. The van der Waals surface area contributed by atoms with E-state index in [4.69, 9.17) is 6.42 Å². The summed E-state index contributed by atoms with van der Waals surface area (Å²) in [5.41, 5.74) is 5.27. The van der Waals surface area contributed by atoms with Crippen molar-refractivity contribution in [2.75, 3.05) is 25.5 Å². The first-order valence-corrected chi connectivity index (χ1v) is 12.2. The Hall–Kier alpha value is -3.04. The van der Waals surface area contributed by atoms with Crippen LogP contribution in [0.1, 0.15) is 70.9 Å². The highest BCUT2D eigenvalue weighted by atomic mass is 16.1. The second-order valence-corrected chi connectivity index (χ2v) is 9.65. The molecule has 1 saturated carbocycles. The van der Waals surface area contributed by atoms with Gasteiger partial charge in [-0.25, -0.2) is 0 Å². The summed E-state index contributed by atoms with van der Waals surface area (Å²) in [5.74, 6) is 2.50. The molecule has 1 aromatic heterocycles. The zero-order chi connectivity index (χ0) is 25.0. The molecular weight excluding hydrogens is 424 g/mol. The van der Waals surface area contributed by atoms with Crippen molar-refractivity contribution >= 4 is 11.6 Å². The molecule has 3 rings (SSSR count). The lowest BCUT2D eigenvalue weighted by atomic mass is 9.88. The molecule has 0 atom stereocenters. The molecule has 0 unspecified atom stereocenters. The lowest BCUT2D eigenvalue weighted by Gasteiger charge is -2.40. The summed E-state index contributed by atoms with van der Waals surface area (Å²) in [5, 5.41) is 2.94. The Morgan fingerprint density at radius 2 is 1.76 bits per heavy atom. The summed E-state index contributed by atoms with van der Waals surface area (Å²) in [4.78, 5) is 33.1. The molecule has 1 aromatic carbocycles. The van der Waals surface area contributed by atoms with Crippen LogP contribution in [-0.2, 0) is 6.54 Å². The van der Waals surface area contributed by atoms with E-state index >= 15 is 0 Å². The SMILES string of the molecule is C#Cc1cc(C(=O)NCc2c(C)cc(C)[nH]c2=O)c(C)c(N(CC)[C@H]2CC[C@H](N(C)C)CC2)c1. The van der Waals surface area contributed by atoms with Gasteiger partial charge in [0.05, 0.1) is 0 Å². The number of nitrogens with one attached hydrogen (secondary N) is 2. The molecule has 1 aliphatic rings. The van der Waals surface area contributed by atoms with E-state index in [-0.39, 0.29) is 18.0 Å². The third-order valence-electron chi connectivity index (χ3n) is 7.20. The summed E-state index contributed by atoms with van der Waals surface area (Å²) >= 11 is 0. The van der Waals surface area contributed by atoms with Crippen molar-refractivity contribution in [2.45, 2.75) is 72.0 Å². The van der Waals surface area contributed by atoms with E-state index in [1.807, 2.05) is 32.9 Å². The fourth-order valence-corrected chi connectivity index (χ4v) is 5.19. The molecule has 1 amide bonds. The van der Waals surface area contributed by atoms with E-state index in [2.05, 4.69) is 47.0 Å². The summed E-state index contributed by atoms with van der Waals surface area (Å²) in [6, 6.07) is 6.77. The molecule has 2 N–H and O–H groups in total. The normalized spacial score (nSPS) is 17.9. The number of aromatic amines is 1. The number of aromatic nitrogens is 1. The van der Waals surface area contributed by atoms with Crippen molar-refractivity contribution in [3.8, 4) is 12.3 Å². The highest BCUT2D eigenvalue weighted by Gasteiger charge is 2.28. The van der Waals surface area contributed by atoms with Crippen LogP contribution in [0.25, 0.3) is 0 Å². The predicted molar refractivity (Wildman–Crippen MR) is 140 cm³/mol. The summed E-state index contributed by atoms with van der Waals surface area (Å²) in [6.07, 6.45) is 10.3. The van der Waals surface area contributed by atoms with E-state index < -0.39 is 0 Å². The molecule has 0 spiro atoms. The Morgan fingerprint density at radius 3 is 2.32 bits per heavy atom. The van der Waals surface area contributed by atoms with E-state index in [0.29, 0.717) is 28.8 Å². The van der Waals surface area contributed by atoms with Gasteiger partial charge >= 0.3 is 0 Å². The Balaban J connectivity index is 1.86. The minimum absolute atomic E-state index is 0.168. The maximum atomic E-state index is 13.2. The summed E-state index contributed by atoms with van der Waals surface area (Å²) in [7, 11) is 4.31. The molecule has 2 aromatic rings. The first-order valence-electron chi connectivity index (χ1n) is 12.2. The van der Waals surface area contributed by atoms with Crippen LogP contribution in [0, 0.1) is 33.1 Å². The van der Waals surface area contributed by atoms with E-state index in [9.17, 15) is 9.59 Å². The van der Waals surface area contributed by atoms with E-state index in [1.165, 1.54) is 12.8 Å². The van der Waals surface area contributed by atoms with Crippen LogP contribution in [0.4, 0.5) is 5.69 Å². The Labute approximate surface area is 203 Å². The molecule has 0 saturated heterocycles. The van der Waals surface area contributed by atoms with E-state index in [1.54, 1.807) is 6.07 Å². The summed E-state index contributed by atoms with van der Waals surface area (Å²) in [6.45, 7) is 8.90. The smallest absolute Gasteiger partial charge is 0.253 e. The van der Waals surface area contributed by atoms with Crippen molar-refractivity contribution in [1.82, 2.24) is 15.2 Å². The van der Waals surface area contributed by atoms with Crippen LogP contribution in [0.15, 0.2) is 23.0 Å². The Morgan fingerprint density at radius 1 is 1.12 bits per heavy atom. The first kappa shape index (κ1) is 25.6. The standard InChI is InChI=1S/C28H38N4O2/c1-8-21-15-24(27(33)29-17-25-18(3)14-19(4)30-28(25)34)20(5)26(16-21)32(9-2)23-12-10-22(11-13-23)31(6)7/h1,14-16,22-23H,9-13,17H2,2-7H3,(H,29,33)(H,30,34)/t22-,23-. The van der Waals surface area contributed by atoms with Crippen LogP contribution >= 0.6 is 0 Å². The molecule has 1 heterocycles.